The molecule has 0 unspecified atom stereocenters. The highest BCUT2D eigenvalue weighted by molar-refractivity contribution is 6.06. The third-order valence-electron chi connectivity index (χ3n) is 3.53. The molecule has 3 rings (SSSR count). The minimum Gasteiger partial charge on any atom is -0.372 e. The Morgan fingerprint density at radius 1 is 1.26 bits per heavy atom. The summed E-state index contributed by atoms with van der Waals surface area (Å²) in [5.41, 5.74) is 1.75. The average Bonchev–Trinajstić information content (AvgIpc) is 2.80. The molecule has 1 N–H and O–H groups in total. The van der Waals surface area contributed by atoms with E-state index in [1.54, 1.807) is 6.20 Å². The molecule has 1 aliphatic heterocycles. The third kappa shape index (κ3) is 2.24. The van der Waals surface area contributed by atoms with Crippen LogP contribution in [0.4, 0.5) is 0 Å². The summed E-state index contributed by atoms with van der Waals surface area (Å²) in [6, 6.07) is 7.88. The molecule has 0 radical (unpaired) electrons. The second-order valence-corrected chi connectivity index (χ2v) is 5.22. The van der Waals surface area contributed by atoms with Gasteiger partial charge in [0.15, 0.2) is 0 Å². The van der Waals surface area contributed by atoms with E-state index in [1.807, 2.05) is 43.0 Å². The van der Waals surface area contributed by atoms with Crippen molar-refractivity contribution in [2.45, 2.75) is 26.1 Å². The number of nitrogens with zero attached hydrogens (tertiary/aromatic N) is 1. The number of carbonyl (C=O) groups excluding carboxylic acids is 1. The number of rotatable bonds is 1. The molecular formula is C15H18N2O2. The molecule has 1 amide bonds. The number of H-pyrrole nitrogens is 1. The quantitative estimate of drug-likeness (QED) is 0.853. The second kappa shape index (κ2) is 4.70. The van der Waals surface area contributed by atoms with Crippen molar-refractivity contribution in [3.63, 3.8) is 0 Å². The standard InChI is InChI=1S/C15H18N2O2/c1-10-8-17(9-11(2)19-10)15(18)13-7-16-14-6-4-3-5-12(13)14/h3-7,10-11,16H,8-9H2,1-2H3/t10-,11+. The highest BCUT2D eigenvalue weighted by Crippen LogP contribution is 2.21. The Morgan fingerprint density at radius 2 is 1.95 bits per heavy atom. The number of para-hydroxylation sites is 1. The summed E-state index contributed by atoms with van der Waals surface area (Å²) in [7, 11) is 0. The molecule has 4 heteroatoms. The first kappa shape index (κ1) is 12.2. The number of nitrogens with one attached hydrogen (secondary N) is 1. The molecule has 0 spiro atoms. The van der Waals surface area contributed by atoms with Gasteiger partial charge in [0.1, 0.15) is 0 Å². The Labute approximate surface area is 112 Å². The van der Waals surface area contributed by atoms with Gasteiger partial charge in [-0.15, -0.1) is 0 Å². The van der Waals surface area contributed by atoms with Gasteiger partial charge in [-0.3, -0.25) is 4.79 Å². The topological polar surface area (TPSA) is 45.3 Å². The van der Waals surface area contributed by atoms with Gasteiger partial charge in [-0.25, -0.2) is 0 Å². The molecule has 2 heterocycles. The summed E-state index contributed by atoms with van der Waals surface area (Å²) in [6.45, 7) is 5.32. The molecule has 1 saturated heterocycles. The molecule has 0 saturated carbocycles. The maximum atomic E-state index is 12.6. The van der Waals surface area contributed by atoms with Crippen molar-refractivity contribution in [1.82, 2.24) is 9.88 Å². The normalized spacial score (nSPS) is 23.8. The van der Waals surface area contributed by atoms with Crippen LogP contribution in [0.25, 0.3) is 10.9 Å². The van der Waals surface area contributed by atoms with Gasteiger partial charge in [-0.2, -0.15) is 0 Å². The van der Waals surface area contributed by atoms with E-state index < -0.39 is 0 Å². The molecule has 100 valence electrons. The van der Waals surface area contributed by atoms with E-state index in [4.69, 9.17) is 4.74 Å². The van der Waals surface area contributed by atoms with Gasteiger partial charge < -0.3 is 14.6 Å². The fourth-order valence-electron chi connectivity index (χ4n) is 2.76. The summed E-state index contributed by atoms with van der Waals surface area (Å²) in [4.78, 5) is 17.7. The molecule has 1 fully saturated rings. The van der Waals surface area contributed by atoms with Crippen molar-refractivity contribution >= 4 is 16.8 Å². The first-order valence-corrected chi connectivity index (χ1v) is 6.66. The number of morpholine rings is 1. The largest absolute Gasteiger partial charge is 0.372 e. The number of aromatic amines is 1. The Morgan fingerprint density at radius 3 is 2.68 bits per heavy atom. The summed E-state index contributed by atoms with van der Waals surface area (Å²) in [6.07, 6.45) is 1.99. The minimum absolute atomic E-state index is 0.0828. The molecule has 1 aromatic heterocycles. The predicted molar refractivity (Wildman–Crippen MR) is 74.2 cm³/mol. The molecule has 19 heavy (non-hydrogen) atoms. The van der Waals surface area contributed by atoms with Crippen molar-refractivity contribution in [3.05, 3.63) is 36.0 Å². The fraction of sp³-hybridized carbons (Fsp3) is 0.400. The first-order valence-electron chi connectivity index (χ1n) is 6.66. The van der Waals surface area contributed by atoms with Crippen LogP contribution in [0.2, 0.25) is 0 Å². The number of aromatic nitrogens is 1. The Hall–Kier alpha value is -1.81. The Kier molecular flexibility index (Phi) is 3.03. The molecule has 2 aromatic rings. The number of fused-ring (bicyclic) bond motifs is 1. The van der Waals surface area contributed by atoms with E-state index in [1.165, 1.54) is 0 Å². The summed E-state index contributed by atoms with van der Waals surface area (Å²) in [5, 5.41) is 0.985. The van der Waals surface area contributed by atoms with E-state index in [0.717, 1.165) is 16.5 Å². The molecule has 1 aromatic carbocycles. The zero-order valence-electron chi connectivity index (χ0n) is 11.2. The lowest BCUT2D eigenvalue weighted by molar-refractivity contribution is -0.0585. The molecule has 4 nitrogen and oxygen atoms in total. The molecular weight excluding hydrogens is 240 g/mol. The number of amides is 1. The van der Waals surface area contributed by atoms with E-state index in [2.05, 4.69) is 4.98 Å². The summed E-state index contributed by atoms with van der Waals surface area (Å²) < 4.78 is 5.67. The molecule has 1 aliphatic rings. The highest BCUT2D eigenvalue weighted by Gasteiger charge is 2.27. The van der Waals surface area contributed by atoms with Crippen LogP contribution in [-0.2, 0) is 4.74 Å². The van der Waals surface area contributed by atoms with Gasteiger partial charge in [-0.1, -0.05) is 18.2 Å². The van der Waals surface area contributed by atoms with E-state index in [0.29, 0.717) is 13.1 Å². The number of ether oxygens (including phenoxy) is 1. The smallest absolute Gasteiger partial charge is 0.256 e. The summed E-state index contributed by atoms with van der Waals surface area (Å²) >= 11 is 0. The van der Waals surface area contributed by atoms with Crippen LogP contribution < -0.4 is 0 Å². The number of hydrogen-bond donors (Lipinski definition) is 1. The minimum atomic E-state index is 0.0828. The van der Waals surface area contributed by atoms with Gasteiger partial charge in [0, 0.05) is 30.2 Å². The maximum Gasteiger partial charge on any atom is 0.256 e. The van der Waals surface area contributed by atoms with Crippen LogP contribution in [0.1, 0.15) is 24.2 Å². The van der Waals surface area contributed by atoms with Crippen molar-refractivity contribution in [3.8, 4) is 0 Å². The zero-order valence-corrected chi connectivity index (χ0v) is 11.2. The van der Waals surface area contributed by atoms with Crippen LogP contribution in [-0.4, -0.2) is 41.1 Å². The van der Waals surface area contributed by atoms with Crippen LogP contribution in [0.3, 0.4) is 0 Å². The van der Waals surface area contributed by atoms with Crippen molar-refractivity contribution in [2.75, 3.05) is 13.1 Å². The number of hydrogen-bond acceptors (Lipinski definition) is 2. The van der Waals surface area contributed by atoms with Gasteiger partial charge >= 0.3 is 0 Å². The lowest BCUT2D eigenvalue weighted by Gasteiger charge is -2.35. The van der Waals surface area contributed by atoms with Crippen molar-refractivity contribution < 1.29 is 9.53 Å². The SMILES string of the molecule is C[C@@H]1CN(C(=O)c2c[nH]c3ccccc23)C[C@H](C)O1. The lowest BCUT2D eigenvalue weighted by Crippen LogP contribution is -2.48. The lowest BCUT2D eigenvalue weighted by atomic mass is 10.1. The molecule has 0 aliphatic carbocycles. The highest BCUT2D eigenvalue weighted by atomic mass is 16.5. The van der Waals surface area contributed by atoms with Crippen molar-refractivity contribution in [1.29, 1.82) is 0 Å². The van der Waals surface area contributed by atoms with Crippen LogP contribution in [0, 0.1) is 0 Å². The van der Waals surface area contributed by atoms with Gasteiger partial charge in [0.05, 0.1) is 17.8 Å². The first-order chi connectivity index (χ1) is 9.15. The van der Waals surface area contributed by atoms with Gasteiger partial charge in [0.2, 0.25) is 0 Å². The predicted octanol–water partition coefficient (Wildman–Crippen LogP) is 2.42. The monoisotopic (exact) mass is 258 g/mol. The fourth-order valence-corrected chi connectivity index (χ4v) is 2.76. The second-order valence-electron chi connectivity index (χ2n) is 5.22. The van der Waals surface area contributed by atoms with Crippen LogP contribution in [0.15, 0.2) is 30.5 Å². The zero-order chi connectivity index (χ0) is 13.4. The Bertz CT molecular complexity index is 595. The molecule has 2 atom stereocenters. The third-order valence-corrected chi connectivity index (χ3v) is 3.53. The van der Waals surface area contributed by atoms with E-state index in [-0.39, 0.29) is 18.1 Å². The van der Waals surface area contributed by atoms with Crippen LogP contribution >= 0.6 is 0 Å². The molecule has 0 bridgehead atoms. The number of benzene rings is 1. The van der Waals surface area contributed by atoms with E-state index >= 15 is 0 Å². The maximum absolute atomic E-state index is 12.6. The Balaban J connectivity index is 1.91. The summed E-state index contributed by atoms with van der Waals surface area (Å²) in [5.74, 6) is 0.0828. The average molecular weight is 258 g/mol. The van der Waals surface area contributed by atoms with Crippen molar-refractivity contribution in [2.24, 2.45) is 0 Å². The van der Waals surface area contributed by atoms with Gasteiger partial charge in [0.25, 0.3) is 5.91 Å². The van der Waals surface area contributed by atoms with E-state index in [9.17, 15) is 4.79 Å². The van der Waals surface area contributed by atoms with Gasteiger partial charge in [-0.05, 0) is 19.9 Å². The number of carbonyl (C=O) groups is 1. The van der Waals surface area contributed by atoms with Crippen LogP contribution in [0.5, 0.6) is 0 Å².